The van der Waals surface area contributed by atoms with Crippen molar-refractivity contribution in [3.05, 3.63) is 23.8 Å². The van der Waals surface area contributed by atoms with Gasteiger partial charge in [-0.15, -0.1) is 0 Å². The second-order valence-electron chi connectivity index (χ2n) is 2.80. The van der Waals surface area contributed by atoms with E-state index in [1.54, 1.807) is 13.0 Å². The summed E-state index contributed by atoms with van der Waals surface area (Å²) in [6.45, 7) is 1.64. The molecule has 0 saturated heterocycles. The monoisotopic (exact) mass is 156 g/mol. The van der Waals surface area contributed by atoms with Crippen LogP contribution in [0.5, 0.6) is 0 Å². The number of rotatable bonds is 1. The molecule has 0 aromatic carbocycles. The fourth-order valence-corrected chi connectivity index (χ4v) is 0.944. The molecule has 0 aliphatic heterocycles. The lowest BCUT2D eigenvalue weighted by molar-refractivity contribution is -0.115. The molecule has 0 heterocycles. The molecular formula is C8H12O3. The molecule has 0 spiro atoms. The largest absolute Gasteiger partial charge is 0.389 e. The Morgan fingerprint density at radius 2 is 2.18 bits per heavy atom. The lowest BCUT2D eigenvalue weighted by atomic mass is 9.99. The molecular weight excluding hydrogens is 144 g/mol. The van der Waals surface area contributed by atoms with E-state index in [-0.39, 0.29) is 6.42 Å². The Morgan fingerprint density at radius 3 is 2.55 bits per heavy atom. The van der Waals surface area contributed by atoms with Crippen molar-refractivity contribution in [1.29, 1.82) is 0 Å². The van der Waals surface area contributed by atoms with E-state index in [0.29, 0.717) is 0 Å². The van der Waals surface area contributed by atoms with E-state index in [0.717, 1.165) is 5.57 Å². The Morgan fingerprint density at radius 1 is 1.55 bits per heavy atom. The van der Waals surface area contributed by atoms with Crippen LogP contribution in [0, 0.1) is 0 Å². The minimum absolute atomic E-state index is 0.143. The molecule has 1 aliphatic rings. The van der Waals surface area contributed by atoms with Crippen molar-refractivity contribution in [2.75, 3.05) is 0 Å². The van der Waals surface area contributed by atoms with Crippen LogP contribution in [0.4, 0.5) is 0 Å². The van der Waals surface area contributed by atoms with Crippen LogP contribution in [0.25, 0.3) is 0 Å². The first kappa shape index (κ1) is 8.46. The Bertz CT molecular complexity index is 201. The molecule has 3 N–H and O–H groups in total. The molecule has 0 amide bonds. The van der Waals surface area contributed by atoms with Crippen LogP contribution < -0.4 is 0 Å². The van der Waals surface area contributed by atoms with Gasteiger partial charge in [-0.25, -0.2) is 0 Å². The van der Waals surface area contributed by atoms with Crippen LogP contribution in [0.1, 0.15) is 13.3 Å². The van der Waals surface area contributed by atoms with Gasteiger partial charge in [0.15, 0.2) is 5.79 Å². The standard InChI is InChI=1S/C8H12O3/c1-6(9)7-2-4-8(10,11)5-3-7/h2-4,6,9-11H,5H2,1H3. The predicted octanol–water partition coefficient (Wildman–Crippen LogP) is -0.0656. The van der Waals surface area contributed by atoms with Crippen LogP contribution >= 0.6 is 0 Å². The van der Waals surface area contributed by atoms with E-state index in [9.17, 15) is 0 Å². The number of hydrogen-bond donors (Lipinski definition) is 3. The van der Waals surface area contributed by atoms with E-state index in [4.69, 9.17) is 15.3 Å². The summed E-state index contributed by atoms with van der Waals surface area (Å²) in [6, 6.07) is 0. The van der Waals surface area contributed by atoms with Crippen LogP contribution in [-0.4, -0.2) is 27.2 Å². The lowest BCUT2D eigenvalue weighted by Crippen LogP contribution is -2.26. The Kier molecular flexibility index (Phi) is 2.13. The molecule has 11 heavy (non-hydrogen) atoms. The second kappa shape index (κ2) is 2.77. The minimum atomic E-state index is -1.72. The zero-order valence-electron chi connectivity index (χ0n) is 6.36. The quantitative estimate of drug-likeness (QED) is 0.466. The van der Waals surface area contributed by atoms with Crippen molar-refractivity contribution in [3.8, 4) is 0 Å². The van der Waals surface area contributed by atoms with Gasteiger partial charge < -0.3 is 15.3 Å². The van der Waals surface area contributed by atoms with Gasteiger partial charge in [-0.05, 0) is 18.6 Å². The molecule has 0 radical (unpaired) electrons. The van der Waals surface area contributed by atoms with Crippen molar-refractivity contribution in [3.63, 3.8) is 0 Å². The van der Waals surface area contributed by atoms with E-state index < -0.39 is 11.9 Å². The van der Waals surface area contributed by atoms with Crippen molar-refractivity contribution in [2.24, 2.45) is 0 Å². The fourth-order valence-electron chi connectivity index (χ4n) is 0.944. The number of hydrogen-bond acceptors (Lipinski definition) is 3. The highest BCUT2D eigenvalue weighted by molar-refractivity contribution is 5.28. The van der Waals surface area contributed by atoms with Crippen molar-refractivity contribution in [1.82, 2.24) is 0 Å². The first-order chi connectivity index (χ1) is 5.01. The van der Waals surface area contributed by atoms with Gasteiger partial charge in [0.05, 0.1) is 6.10 Å². The highest BCUT2D eigenvalue weighted by atomic mass is 16.5. The Balaban J connectivity index is 2.68. The van der Waals surface area contributed by atoms with Gasteiger partial charge in [0.1, 0.15) is 0 Å². The summed E-state index contributed by atoms with van der Waals surface area (Å²) < 4.78 is 0. The van der Waals surface area contributed by atoms with Gasteiger partial charge in [-0.1, -0.05) is 12.2 Å². The second-order valence-corrected chi connectivity index (χ2v) is 2.80. The minimum Gasteiger partial charge on any atom is -0.389 e. The smallest absolute Gasteiger partial charge is 0.186 e. The van der Waals surface area contributed by atoms with Gasteiger partial charge in [-0.2, -0.15) is 0 Å². The molecule has 3 nitrogen and oxygen atoms in total. The summed E-state index contributed by atoms with van der Waals surface area (Å²) in [5, 5.41) is 27.1. The third-order valence-electron chi connectivity index (χ3n) is 1.66. The molecule has 0 bridgehead atoms. The summed E-state index contributed by atoms with van der Waals surface area (Å²) >= 11 is 0. The maximum Gasteiger partial charge on any atom is 0.186 e. The number of aliphatic hydroxyl groups is 3. The molecule has 1 aliphatic carbocycles. The number of aliphatic hydroxyl groups excluding tert-OH is 1. The van der Waals surface area contributed by atoms with E-state index in [2.05, 4.69) is 0 Å². The van der Waals surface area contributed by atoms with E-state index in [1.807, 2.05) is 0 Å². The summed E-state index contributed by atoms with van der Waals surface area (Å²) in [5.74, 6) is -1.72. The van der Waals surface area contributed by atoms with Gasteiger partial charge in [0.25, 0.3) is 0 Å². The third-order valence-corrected chi connectivity index (χ3v) is 1.66. The van der Waals surface area contributed by atoms with Gasteiger partial charge in [-0.3, -0.25) is 0 Å². The van der Waals surface area contributed by atoms with Crippen LogP contribution in [0.15, 0.2) is 23.8 Å². The molecule has 0 aromatic heterocycles. The van der Waals surface area contributed by atoms with Gasteiger partial charge in [0, 0.05) is 6.42 Å². The molecule has 1 unspecified atom stereocenters. The molecule has 0 fully saturated rings. The molecule has 1 atom stereocenters. The Hall–Kier alpha value is -0.640. The average molecular weight is 156 g/mol. The fraction of sp³-hybridized carbons (Fsp3) is 0.500. The van der Waals surface area contributed by atoms with Crippen molar-refractivity contribution < 1.29 is 15.3 Å². The zero-order valence-corrected chi connectivity index (χ0v) is 6.36. The predicted molar refractivity (Wildman–Crippen MR) is 40.7 cm³/mol. The third kappa shape index (κ3) is 2.15. The zero-order chi connectivity index (χ0) is 8.48. The summed E-state index contributed by atoms with van der Waals surface area (Å²) in [6.07, 6.45) is 4.01. The molecule has 62 valence electrons. The van der Waals surface area contributed by atoms with Crippen LogP contribution in [-0.2, 0) is 0 Å². The molecule has 0 saturated carbocycles. The maximum atomic E-state index is 9.06. The molecule has 0 aromatic rings. The van der Waals surface area contributed by atoms with E-state index >= 15 is 0 Å². The summed E-state index contributed by atoms with van der Waals surface area (Å²) in [4.78, 5) is 0. The van der Waals surface area contributed by atoms with Crippen LogP contribution in [0.3, 0.4) is 0 Å². The topological polar surface area (TPSA) is 60.7 Å². The average Bonchev–Trinajstić information content (AvgIpc) is 1.86. The van der Waals surface area contributed by atoms with Gasteiger partial charge >= 0.3 is 0 Å². The first-order valence-electron chi connectivity index (χ1n) is 3.53. The maximum absolute atomic E-state index is 9.06. The van der Waals surface area contributed by atoms with E-state index in [1.165, 1.54) is 12.2 Å². The molecule has 1 rings (SSSR count). The molecule has 3 heteroatoms. The Labute approximate surface area is 65.3 Å². The van der Waals surface area contributed by atoms with Crippen LogP contribution in [0.2, 0.25) is 0 Å². The van der Waals surface area contributed by atoms with Crippen molar-refractivity contribution >= 4 is 0 Å². The first-order valence-corrected chi connectivity index (χ1v) is 3.53. The van der Waals surface area contributed by atoms with Crippen molar-refractivity contribution in [2.45, 2.75) is 25.2 Å². The SMILES string of the molecule is CC(O)C1=CCC(O)(O)C=C1. The van der Waals surface area contributed by atoms with Gasteiger partial charge in [0.2, 0.25) is 0 Å². The highest BCUT2D eigenvalue weighted by Gasteiger charge is 2.21. The highest BCUT2D eigenvalue weighted by Crippen LogP contribution is 2.19. The normalized spacial score (nSPS) is 24.5. The lowest BCUT2D eigenvalue weighted by Gasteiger charge is -2.20. The summed E-state index contributed by atoms with van der Waals surface area (Å²) in [5.41, 5.74) is 0.726. The summed E-state index contributed by atoms with van der Waals surface area (Å²) in [7, 11) is 0.